The Balaban J connectivity index is 1.73. The normalized spacial score (nSPS) is 17.0. The quantitative estimate of drug-likeness (QED) is 0.607. The Morgan fingerprint density at radius 1 is 1.21 bits per heavy atom. The van der Waals surface area contributed by atoms with Gasteiger partial charge < -0.3 is 14.4 Å². The number of hydrogen-bond acceptors (Lipinski definition) is 5. The van der Waals surface area contributed by atoms with Gasteiger partial charge in [-0.15, -0.1) is 11.3 Å². The fraction of sp³-hybridized carbons (Fsp3) is 0.455. The lowest BCUT2D eigenvalue weighted by atomic mass is 10.00. The molecule has 1 aliphatic heterocycles. The van der Waals surface area contributed by atoms with Crippen molar-refractivity contribution in [1.82, 2.24) is 14.7 Å². The van der Waals surface area contributed by atoms with E-state index in [0.29, 0.717) is 17.5 Å². The molecule has 1 aliphatic rings. The maximum Gasteiger partial charge on any atom is 0.264 e. The SMILES string of the molecule is CCC1CCCCN1C(=O)c1cc2c(-c3ccc(OC)c(OC)c3)nn(C)c2s1. The summed E-state index contributed by atoms with van der Waals surface area (Å²) in [7, 11) is 5.17. The number of nitrogens with zero attached hydrogens (tertiary/aromatic N) is 3. The average Bonchev–Trinajstić information content (AvgIpc) is 3.33. The molecular weight excluding hydrogens is 386 g/mol. The molecule has 0 saturated carbocycles. The molecule has 0 spiro atoms. The molecule has 3 heterocycles. The third kappa shape index (κ3) is 3.48. The van der Waals surface area contributed by atoms with Crippen LogP contribution >= 0.6 is 11.3 Å². The highest BCUT2D eigenvalue weighted by Crippen LogP contribution is 2.38. The Bertz CT molecular complexity index is 1040. The molecule has 1 saturated heterocycles. The number of fused-ring (bicyclic) bond motifs is 1. The van der Waals surface area contributed by atoms with E-state index >= 15 is 0 Å². The highest BCUT2D eigenvalue weighted by atomic mass is 32.1. The zero-order chi connectivity index (χ0) is 20.5. The Kier molecular flexibility index (Phi) is 5.50. The molecule has 1 unspecified atom stereocenters. The van der Waals surface area contributed by atoms with Crippen molar-refractivity contribution in [1.29, 1.82) is 0 Å². The molecule has 4 rings (SSSR count). The van der Waals surface area contributed by atoms with Gasteiger partial charge in [0, 0.05) is 30.6 Å². The summed E-state index contributed by atoms with van der Waals surface area (Å²) < 4.78 is 12.6. The zero-order valence-electron chi connectivity index (χ0n) is 17.4. The second-order valence-corrected chi connectivity index (χ2v) is 8.46. The molecule has 154 valence electrons. The van der Waals surface area contributed by atoms with E-state index in [9.17, 15) is 4.79 Å². The predicted molar refractivity (Wildman–Crippen MR) is 116 cm³/mol. The number of hydrogen-bond donors (Lipinski definition) is 0. The van der Waals surface area contributed by atoms with Crippen molar-refractivity contribution in [2.24, 2.45) is 7.05 Å². The van der Waals surface area contributed by atoms with Gasteiger partial charge in [-0.3, -0.25) is 9.48 Å². The number of ether oxygens (including phenoxy) is 2. The van der Waals surface area contributed by atoms with Gasteiger partial charge in [0.15, 0.2) is 11.5 Å². The van der Waals surface area contributed by atoms with Crippen molar-refractivity contribution < 1.29 is 14.3 Å². The van der Waals surface area contributed by atoms with Crippen molar-refractivity contribution in [2.75, 3.05) is 20.8 Å². The standard InChI is InChI=1S/C22H27N3O3S/c1-5-15-8-6-7-11-25(15)21(26)19-13-16-20(23-24(2)22(16)29-19)14-9-10-17(27-3)18(12-14)28-4/h9-10,12-13,15H,5-8,11H2,1-4H3. The number of likely N-dealkylation sites (tertiary alicyclic amines) is 1. The van der Waals surface area contributed by atoms with Crippen molar-refractivity contribution in [3.63, 3.8) is 0 Å². The number of methoxy groups -OCH3 is 2. The Morgan fingerprint density at radius 3 is 2.72 bits per heavy atom. The highest BCUT2D eigenvalue weighted by molar-refractivity contribution is 7.20. The van der Waals surface area contributed by atoms with Crippen LogP contribution in [0, 0.1) is 0 Å². The van der Waals surface area contributed by atoms with Crippen LogP contribution in [0.1, 0.15) is 42.3 Å². The Labute approximate surface area is 175 Å². The van der Waals surface area contributed by atoms with E-state index in [1.54, 1.807) is 14.2 Å². The molecule has 0 radical (unpaired) electrons. The highest BCUT2D eigenvalue weighted by Gasteiger charge is 2.28. The van der Waals surface area contributed by atoms with E-state index < -0.39 is 0 Å². The van der Waals surface area contributed by atoms with E-state index in [1.807, 2.05) is 36.0 Å². The maximum absolute atomic E-state index is 13.2. The van der Waals surface area contributed by atoms with Gasteiger partial charge in [0.1, 0.15) is 10.5 Å². The smallest absolute Gasteiger partial charge is 0.264 e. The number of piperidine rings is 1. The first-order valence-electron chi connectivity index (χ1n) is 10.1. The molecule has 1 aromatic carbocycles. The number of carbonyl (C=O) groups excluding carboxylic acids is 1. The molecule has 0 N–H and O–H groups in total. The fourth-order valence-electron chi connectivity index (χ4n) is 4.18. The fourth-order valence-corrected chi connectivity index (χ4v) is 5.20. The third-order valence-corrected chi connectivity index (χ3v) is 6.93. The minimum absolute atomic E-state index is 0.149. The summed E-state index contributed by atoms with van der Waals surface area (Å²) in [4.78, 5) is 17.1. The largest absolute Gasteiger partial charge is 0.493 e. The summed E-state index contributed by atoms with van der Waals surface area (Å²) >= 11 is 1.52. The first kappa shape index (κ1) is 19.8. The molecule has 6 nitrogen and oxygen atoms in total. The van der Waals surface area contributed by atoms with Gasteiger partial charge in [0.05, 0.1) is 19.1 Å². The van der Waals surface area contributed by atoms with Gasteiger partial charge in [-0.25, -0.2) is 0 Å². The molecule has 29 heavy (non-hydrogen) atoms. The van der Waals surface area contributed by atoms with Crippen LogP contribution in [0.2, 0.25) is 0 Å². The monoisotopic (exact) mass is 413 g/mol. The van der Waals surface area contributed by atoms with Crippen LogP contribution in [0.5, 0.6) is 11.5 Å². The van der Waals surface area contributed by atoms with E-state index in [-0.39, 0.29) is 5.91 Å². The Hall–Kier alpha value is -2.54. The van der Waals surface area contributed by atoms with Crippen molar-refractivity contribution in [2.45, 2.75) is 38.6 Å². The molecular formula is C22H27N3O3S. The third-order valence-electron chi connectivity index (χ3n) is 5.74. The molecule has 3 aromatic rings. The number of thiophene rings is 1. The zero-order valence-corrected chi connectivity index (χ0v) is 18.2. The number of carbonyl (C=O) groups is 1. The minimum Gasteiger partial charge on any atom is -0.493 e. The second-order valence-electron chi connectivity index (χ2n) is 7.43. The minimum atomic E-state index is 0.149. The molecule has 1 fully saturated rings. The summed E-state index contributed by atoms with van der Waals surface area (Å²) in [5.74, 6) is 1.49. The van der Waals surface area contributed by atoms with Gasteiger partial charge in [-0.2, -0.15) is 5.10 Å². The molecule has 7 heteroatoms. The summed E-state index contributed by atoms with van der Waals surface area (Å²) in [6.07, 6.45) is 4.41. The number of rotatable bonds is 5. The van der Waals surface area contributed by atoms with Crippen LogP contribution < -0.4 is 9.47 Å². The van der Waals surface area contributed by atoms with Gasteiger partial charge in [-0.05, 0) is 49.9 Å². The van der Waals surface area contributed by atoms with Gasteiger partial charge in [0.2, 0.25) is 0 Å². The lowest BCUT2D eigenvalue weighted by Crippen LogP contribution is -2.43. The predicted octanol–water partition coefficient (Wildman–Crippen LogP) is 4.72. The molecule has 1 amide bonds. The molecule has 0 aliphatic carbocycles. The topological polar surface area (TPSA) is 56.6 Å². The molecule has 1 atom stereocenters. The lowest BCUT2D eigenvalue weighted by Gasteiger charge is -2.35. The van der Waals surface area contributed by atoms with Crippen LogP contribution in [0.25, 0.3) is 21.5 Å². The molecule has 2 aromatic heterocycles. The second kappa shape index (κ2) is 8.06. The first-order chi connectivity index (χ1) is 14.1. The average molecular weight is 414 g/mol. The number of aryl methyl sites for hydroxylation is 1. The van der Waals surface area contributed by atoms with E-state index in [0.717, 1.165) is 52.2 Å². The van der Waals surface area contributed by atoms with Crippen LogP contribution in [-0.2, 0) is 7.05 Å². The number of amides is 1. The van der Waals surface area contributed by atoms with Crippen molar-refractivity contribution in [3.8, 4) is 22.8 Å². The first-order valence-corrected chi connectivity index (χ1v) is 10.9. The van der Waals surface area contributed by atoms with E-state index in [1.165, 1.54) is 17.8 Å². The summed E-state index contributed by atoms with van der Waals surface area (Å²) in [6.45, 7) is 3.02. The van der Waals surface area contributed by atoms with Crippen LogP contribution in [-0.4, -0.2) is 47.4 Å². The lowest BCUT2D eigenvalue weighted by molar-refractivity contribution is 0.0613. The molecule has 0 bridgehead atoms. The maximum atomic E-state index is 13.2. The Morgan fingerprint density at radius 2 is 2.00 bits per heavy atom. The van der Waals surface area contributed by atoms with Gasteiger partial charge in [0.25, 0.3) is 5.91 Å². The summed E-state index contributed by atoms with van der Waals surface area (Å²) in [5.41, 5.74) is 1.79. The van der Waals surface area contributed by atoms with Crippen LogP contribution in [0.15, 0.2) is 24.3 Å². The van der Waals surface area contributed by atoms with Crippen LogP contribution in [0.3, 0.4) is 0 Å². The van der Waals surface area contributed by atoms with Gasteiger partial charge in [-0.1, -0.05) is 6.92 Å². The van der Waals surface area contributed by atoms with E-state index in [4.69, 9.17) is 14.6 Å². The summed E-state index contributed by atoms with van der Waals surface area (Å²) in [5, 5.41) is 5.70. The number of benzene rings is 1. The number of aromatic nitrogens is 2. The van der Waals surface area contributed by atoms with E-state index in [2.05, 4.69) is 11.8 Å². The van der Waals surface area contributed by atoms with Crippen LogP contribution in [0.4, 0.5) is 0 Å². The summed E-state index contributed by atoms with van der Waals surface area (Å²) in [6, 6.07) is 8.14. The van der Waals surface area contributed by atoms with Crippen molar-refractivity contribution in [3.05, 3.63) is 29.1 Å². The van der Waals surface area contributed by atoms with Crippen molar-refractivity contribution >= 4 is 27.5 Å². The van der Waals surface area contributed by atoms with Gasteiger partial charge >= 0.3 is 0 Å².